The normalized spacial score (nSPS) is 17.0. The lowest BCUT2D eigenvalue weighted by Gasteiger charge is -2.35. The molecule has 0 bridgehead atoms. The van der Waals surface area contributed by atoms with Gasteiger partial charge in [-0.2, -0.15) is 0 Å². The van der Waals surface area contributed by atoms with E-state index in [1.54, 1.807) is 17.0 Å². The zero-order valence-electron chi connectivity index (χ0n) is 15.1. The number of rotatable bonds is 4. The average molecular weight is 359 g/mol. The van der Waals surface area contributed by atoms with E-state index < -0.39 is 0 Å². The van der Waals surface area contributed by atoms with Gasteiger partial charge in [0.25, 0.3) is 0 Å². The molecule has 1 N–H and O–H groups in total. The Morgan fingerprint density at radius 3 is 2.50 bits per heavy atom. The van der Waals surface area contributed by atoms with E-state index >= 15 is 0 Å². The molecular weight excluding hydrogens is 334 g/mol. The highest BCUT2D eigenvalue weighted by molar-refractivity contribution is 5.93. The fraction of sp³-hybridized carbons (Fsp3) is 0.526. The second kappa shape index (κ2) is 8.21. The number of hydrogen-bond donors (Lipinski definition) is 1. The Balaban J connectivity index is 1.57. The Bertz CT molecular complexity index is 696. The molecule has 2 aliphatic heterocycles. The van der Waals surface area contributed by atoms with E-state index in [1.807, 2.05) is 17.9 Å². The van der Waals surface area contributed by atoms with Crippen LogP contribution in [0.4, 0.5) is 5.69 Å². The van der Waals surface area contributed by atoms with Gasteiger partial charge in [-0.3, -0.25) is 14.4 Å². The molecule has 2 heterocycles. The van der Waals surface area contributed by atoms with Gasteiger partial charge in [0.15, 0.2) is 0 Å². The summed E-state index contributed by atoms with van der Waals surface area (Å²) >= 11 is 0. The maximum absolute atomic E-state index is 12.6. The summed E-state index contributed by atoms with van der Waals surface area (Å²) in [5.41, 5.74) is 1.46. The summed E-state index contributed by atoms with van der Waals surface area (Å²) in [6, 6.07) is 5.46. The minimum absolute atomic E-state index is 0.0356. The molecule has 0 saturated carbocycles. The predicted molar refractivity (Wildman–Crippen MR) is 97.0 cm³/mol. The van der Waals surface area contributed by atoms with Crippen molar-refractivity contribution in [3.8, 4) is 5.75 Å². The molecule has 26 heavy (non-hydrogen) atoms. The molecular formula is C19H25N3O4. The summed E-state index contributed by atoms with van der Waals surface area (Å²) in [5, 5.41) is 2.81. The van der Waals surface area contributed by atoms with Crippen LogP contribution in [-0.2, 0) is 20.8 Å². The topological polar surface area (TPSA) is 79.0 Å². The van der Waals surface area contributed by atoms with Crippen LogP contribution in [0.15, 0.2) is 18.2 Å². The Morgan fingerprint density at radius 1 is 1.12 bits per heavy atom. The number of carbonyl (C=O) groups is 3. The SMILES string of the molecule is CCCC(=O)N1CCN(C(=O)Cc2ccc3c(c2)NC(=O)CCO3)CC1. The van der Waals surface area contributed by atoms with Crippen molar-refractivity contribution in [2.24, 2.45) is 0 Å². The molecule has 0 spiro atoms. The number of carbonyl (C=O) groups excluding carboxylic acids is 3. The maximum Gasteiger partial charge on any atom is 0.227 e. The summed E-state index contributed by atoms with van der Waals surface area (Å²) in [6.07, 6.45) is 2.00. The summed E-state index contributed by atoms with van der Waals surface area (Å²) in [7, 11) is 0. The average Bonchev–Trinajstić information content (AvgIpc) is 2.82. The maximum atomic E-state index is 12.6. The fourth-order valence-electron chi connectivity index (χ4n) is 3.24. The van der Waals surface area contributed by atoms with E-state index in [0.29, 0.717) is 57.1 Å². The van der Waals surface area contributed by atoms with E-state index in [1.165, 1.54) is 0 Å². The number of piperazine rings is 1. The van der Waals surface area contributed by atoms with E-state index in [9.17, 15) is 14.4 Å². The number of fused-ring (bicyclic) bond motifs is 1. The monoisotopic (exact) mass is 359 g/mol. The van der Waals surface area contributed by atoms with E-state index in [0.717, 1.165) is 12.0 Å². The second-order valence-corrected chi connectivity index (χ2v) is 6.67. The number of ether oxygens (including phenoxy) is 1. The van der Waals surface area contributed by atoms with Crippen LogP contribution in [0.25, 0.3) is 0 Å². The molecule has 0 atom stereocenters. The number of nitrogens with one attached hydrogen (secondary N) is 1. The third-order valence-electron chi connectivity index (χ3n) is 4.71. The number of hydrogen-bond acceptors (Lipinski definition) is 4. The van der Waals surface area contributed by atoms with Crippen molar-refractivity contribution in [1.29, 1.82) is 0 Å². The smallest absolute Gasteiger partial charge is 0.227 e. The molecule has 0 radical (unpaired) electrons. The van der Waals surface area contributed by atoms with Gasteiger partial charge in [-0.1, -0.05) is 13.0 Å². The quantitative estimate of drug-likeness (QED) is 0.882. The van der Waals surface area contributed by atoms with Crippen molar-refractivity contribution in [1.82, 2.24) is 9.80 Å². The molecule has 2 aliphatic rings. The van der Waals surface area contributed by atoms with Crippen molar-refractivity contribution < 1.29 is 19.1 Å². The van der Waals surface area contributed by atoms with E-state index in [2.05, 4.69) is 5.32 Å². The summed E-state index contributed by atoms with van der Waals surface area (Å²) < 4.78 is 5.53. The summed E-state index contributed by atoms with van der Waals surface area (Å²) in [5.74, 6) is 0.754. The summed E-state index contributed by atoms with van der Waals surface area (Å²) in [6.45, 7) is 4.68. The zero-order valence-corrected chi connectivity index (χ0v) is 15.1. The van der Waals surface area contributed by atoms with Gasteiger partial charge < -0.3 is 19.9 Å². The number of anilines is 1. The third-order valence-corrected chi connectivity index (χ3v) is 4.71. The first-order chi connectivity index (χ1) is 12.6. The van der Waals surface area contributed by atoms with E-state index in [4.69, 9.17) is 4.74 Å². The van der Waals surface area contributed by atoms with Gasteiger partial charge in [-0.05, 0) is 24.1 Å². The van der Waals surface area contributed by atoms with Crippen LogP contribution in [-0.4, -0.2) is 60.3 Å². The zero-order chi connectivity index (χ0) is 18.5. The predicted octanol–water partition coefficient (Wildman–Crippen LogP) is 1.42. The molecule has 1 aromatic rings. The molecule has 0 aliphatic carbocycles. The minimum atomic E-state index is -0.0832. The number of benzene rings is 1. The summed E-state index contributed by atoms with van der Waals surface area (Å²) in [4.78, 5) is 39.8. The van der Waals surface area contributed by atoms with Crippen molar-refractivity contribution in [3.63, 3.8) is 0 Å². The molecule has 1 aromatic carbocycles. The molecule has 0 unspecified atom stereocenters. The Hall–Kier alpha value is -2.57. The fourth-order valence-corrected chi connectivity index (χ4v) is 3.24. The minimum Gasteiger partial charge on any atom is -0.491 e. The first-order valence-corrected chi connectivity index (χ1v) is 9.18. The second-order valence-electron chi connectivity index (χ2n) is 6.67. The Morgan fingerprint density at radius 2 is 1.81 bits per heavy atom. The van der Waals surface area contributed by atoms with Crippen LogP contribution in [0.1, 0.15) is 31.7 Å². The van der Waals surface area contributed by atoms with Gasteiger partial charge >= 0.3 is 0 Å². The van der Waals surface area contributed by atoms with Crippen LogP contribution in [0.5, 0.6) is 5.75 Å². The highest BCUT2D eigenvalue weighted by atomic mass is 16.5. The van der Waals surface area contributed by atoms with Crippen LogP contribution in [0, 0.1) is 0 Å². The molecule has 1 saturated heterocycles. The first-order valence-electron chi connectivity index (χ1n) is 9.18. The van der Waals surface area contributed by atoms with Crippen LogP contribution in [0.2, 0.25) is 0 Å². The van der Waals surface area contributed by atoms with Gasteiger partial charge in [0.1, 0.15) is 5.75 Å². The molecule has 3 amide bonds. The van der Waals surface area contributed by atoms with Crippen molar-refractivity contribution in [3.05, 3.63) is 23.8 Å². The Labute approximate surface area is 153 Å². The van der Waals surface area contributed by atoms with Gasteiger partial charge in [0.05, 0.1) is 25.1 Å². The van der Waals surface area contributed by atoms with Gasteiger partial charge in [-0.15, -0.1) is 0 Å². The first kappa shape index (κ1) is 18.2. The molecule has 7 heteroatoms. The van der Waals surface area contributed by atoms with Crippen molar-refractivity contribution >= 4 is 23.4 Å². The van der Waals surface area contributed by atoms with Crippen molar-refractivity contribution in [2.75, 3.05) is 38.1 Å². The molecule has 3 rings (SSSR count). The highest BCUT2D eigenvalue weighted by Gasteiger charge is 2.24. The van der Waals surface area contributed by atoms with Crippen LogP contribution < -0.4 is 10.1 Å². The lowest BCUT2D eigenvalue weighted by atomic mass is 10.1. The molecule has 7 nitrogen and oxygen atoms in total. The molecule has 1 fully saturated rings. The standard InChI is InChI=1S/C19H25N3O4/c1-2-3-18(24)21-7-9-22(10-8-21)19(25)13-14-4-5-16-15(12-14)20-17(23)6-11-26-16/h4-5,12H,2-3,6-11,13H2,1H3,(H,20,23). The van der Waals surface area contributed by atoms with Gasteiger partial charge in [0, 0.05) is 32.6 Å². The van der Waals surface area contributed by atoms with Crippen LogP contribution in [0.3, 0.4) is 0 Å². The largest absolute Gasteiger partial charge is 0.491 e. The van der Waals surface area contributed by atoms with Crippen LogP contribution >= 0.6 is 0 Å². The van der Waals surface area contributed by atoms with E-state index in [-0.39, 0.29) is 24.1 Å². The van der Waals surface area contributed by atoms with Gasteiger partial charge in [-0.25, -0.2) is 0 Å². The van der Waals surface area contributed by atoms with Gasteiger partial charge in [0.2, 0.25) is 17.7 Å². The molecule has 0 aromatic heterocycles. The Kier molecular flexibility index (Phi) is 5.75. The number of nitrogens with zero attached hydrogens (tertiary/aromatic N) is 2. The lowest BCUT2D eigenvalue weighted by Crippen LogP contribution is -2.50. The lowest BCUT2D eigenvalue weighted by molar-refractivity contribution is -0.139. The third kappa shape index (κ3) is 4.33. The van der Waals surface area contributed by atoms with Crippen molar-refractivity contribution in [2.45, 2.75) is 32.6 Å². The highest BCUT2D eigenvalue weighted by Crippen LogP contribution is 2.28. The molecule has 140 valence electrons. The number of amides is 3.